The van der Waals surface area contributed by atoms with Crippen LogP contribution in [0.5, 0.6) is 5.75 Å². The molecule has 1 aliphatic heterocycles. The van der Waals surface area contributed by atoms with Crippen molar-refractivity contribution < 1.29 is 29.9 Å². The number of phenols is 1. The highest BCUT2D eigenvalue weighted by Gasteiger charge is 2.46. The summed E-state index contributed by atoms with van der Waals surface area (Å²) in [5.41, 5.74) is 2.45. The number of hydrogen-bond donors (Lipinski definition) is 5. The molecule has 1 heterocycles. The number of nitrogens with zero attached hydrogens (tertiary/aromatic N) is 1. The second-order valence-corrected chi connectivity index (χ2v) is 10.0. The summed E-state index contributed by atoms with van der Waals surface area (Å²) >= 11 is 0. The Morgan fingerprint density at radius 1 is 1.07 bits per heavy atom. The quantitative estimate of drug-likeness (QED) is 0.152. The fourth-order valence-electron chi connectivity index (χ4n) is 5.28. The maximum Gasteiger partial charge on any atom is 0.356 e. The SMILES string of the molecule is C=CC[NH+]=C(O)C1C(c2ccccc2)CCN1C(=O)[C@@H](O)[C@H](Cc1ccccc1)NC(=O)c1cccc(O)c1C. The van der Waals surface area contributed by atoms with Crippen LogP contribution in [0.1, 0.15) is 39.4 Å². The van der Waals surface area contributed by atoms with E-state index in [9.17, 15) is 24.9 Å². The predicted molar refractivity (Wildman–Crippen MR) is 153 cm³/mol. The Balaban J connectivity index is 1.64. The van der Waals surface area contributed by atoms with Gasteiger partial charge in [0.15, 0.2) is 18.7 Å². The fourth-order valence-corrected chi connectivity index (χ4v) is 5.28. The minimum atomic E-state index is -1.59. The lowest BCUT2D eigenvalue weighted by Gasteiger charge is -2.30. The Hall–Kier alpha value is -4.43. The summed E-state index contributed by atoms with van der Waals surface area (Å²) in [6.45, 7) is 5.94. The summed E-state index contributed by atoms with van der Waals surface area (Å²) in [5, 5.41) is 35.4. The predicted octanol–water partition coefficient (Wildman–Crippen LogP) is 2.01. The molecule has 0 aromatic heterocycles. The second-order valence-electron chi connectivity index (χ2n) is 10.0. The van der Waals surface area contributed by atoms with Crippen LogP contribution in [0.3, 0.4) is 0 Å². The molecule has 1 fully saturated rings. The minimum absolute atomic E-state index is 0.0196. The molecule has 2 amide bonds. The average Bonchev–Trinajstić information content (AvgIpc) is 3.42. The lowest BCUT2D eigenvalue weighted by atomic mass is 9.91. The molecule has 2 unspecified atom stereocenters. The average molecular weight is 543 g/mol. The molecule has 3 aromatic rings. The maximum absolute atomic E-state index is 13.9. The van der Waals surface area contributed by atoms with Crippen molar-refractivity contribution in [2.45, 2.75) is 43.9 Å². The first kappa shape index (κ1) is 28.6. The van der Waals surface area contributed by atoms with E-state index in [0.717, 1.165) is 11.1 Å². The van der Waals surface area contributed by atoms with Gasteiger partial charge in [-0.25, -0.2) is 4.99 Å². The van der Waals surface area contributed by atoms with E-state index in [1.165, 1.54) is 11.0 Å². The van der Waals surface area contributed by atoms with Gasteiger partial charge in [-0.15, -0.1) is 0 Å². The van der Waals surface area contributed by atoms with Crippen LogP contribution in [0, 0.1) is 6.92 Å². The summed E-state index contributed by atoms with van der Waals surface area (Å²) < 4.78 is 0. The topological polar surface area (TPSA) is 124 Å². The number of aliphatic hydroxyl groups excluding tert-OH is 2. The molecule has 0 bridgehead atoms. The molecule has 8 heteroatoms. The van der Waals surface area contributed by atoms with Crippen molar-refractivity contribution in [3.05, 3.63) is 114 Å². The molecule has 0 saturated carbocycles. The Bertz CT molecular complexity index is 1360. The molecule has 40 heavy (non-hydrogen) atoms. The molecule has 208 valence electrons. The minimum Gasteiger partial charge on any atom is -0.508 e. The molecule has 1 saturated heterocycles. The van der Waals surface area contributed by atoms with Crippen molar-refractivity contribution in [2.75, 3.05) is 13.1 Å². The van der Waals surface area contributed by atoms with Gasteiger partial charge >= 0.3 is 5.90 Å². The van der Waals surface area contributed by atoms with Gasteiger partial charge < -0.3 is 25.5 Å². The van der Waals surface area contributed by atoms with Crippen LogP contribution in [0.2, 0.25) is 0 Å². The number of aliphatic hydroxyl groups is 2. The molecule has 0 spiro atoms. The Morgan fingerprint density at radius 2 is 1.75 bits per heavy atom. The van der Waals surface area contributed by atoms with Crippen LogP contribution in [0.25, 0.3) is 0 Å². The highest BCUT2D eigenvalue weighted by atomic mass is 16.3. The molecule has 4 rings (SSSR count). The van der Waals surface area contributed by atoms with Gasteiger partial charge in [-0.05, 0) is 49.1 Å². The Morgan fingerprint density at radius 3 is 2.42 bits per heavy atom. The number of aromatic hydroxyl groups is 1. The Labute approximate surface area is 234 Å². The third-order valence-electron chi connectivity index (χ3n) is 7.42. The number of carbonyl (C=O) groups excluding carboxylic acids is 2. The van der Waals surface area contributed by atoms with E-state index in [1.54, 1.807) is 25.1 Å². The van der Waals surface area contributed by atoms with E-state index >= 15 is 0 Å². The van der Waals surface area contributed by atoms with Crippen molar-refractivity contribution >= 4 is 17.7 Å². The summed E-state index contributed by atoms with van der Waals surface area (Å²) in [5.74, 6) is -1.39. The molecule has 3 aromatic carbocycles. The largest absolute Gasteiger partial charge is 0.508 e. The van der Waals surface area contributed by atoms with Crippen LogP contribution in [0.15, 0.2) is 91.5 Å². The van der Waals surface area contributed by atoms with E-state index in [4.69, 9.17) is 0 Å². The summed E-state index contributed by atoms with van der Waals surface area (Å²) in [6, 6.07) is 21.9. The van der Waals surface area contributed by atoms with E-state index in [-0.39, 0.29) is 29.5 Å². The van der Waals surface area contributed by atoms with Gasteiger partial charge in [-0.1, -0.05) is 73.3 Å². The number of carbonyl (C=O) groups is 2. The normalized spacial score (nSPS) is 18.6. The first-order chi connectivity index (χ1) is 19.3. The van der Waals surface area contributed by atoms with Crippen molar-refractivity contribution in [2.24, 2.45) is 0 Å². The van der Waals surface area contributed by atoms with Crippen molar-refractivity contribution in [1.29, 1.82) is 0 Å². The Kier molecular flexibility index (Phi) is 9.35. The van der Waals surface area contributed by atoms with Crippen molar-refractivity contribution in [3.63, 3.8) is 0 Å². The van der Waals surface area contributed by atoms with Gasteiger partial charge in [-0.3, -0.25) is 9.59 Å². The zero-order valence-corrected chi connectivity index (χ0v) is 22.5. The van der Waals surface area contributed by atoms with Gasteiger partial charge in [0.1, 0.15) is 5.75 Å². The van der Waals surface area contributed by atoms with Gasteiger partial charge in [-0.2, -0.15) is 0 Å². The smallest absolute Gasteiger partial charge is 0.356 e. The standard InChI is InChI=1S/C32H35N3O5/c1-3-18-33-31(39)28-25(23-13-8-5-9-14-23)17-19-35(28)32(40)29(37)26(20-22-11-6-4-7-12-22)34-30(38)24-15-10-16-27(36)21(24)2/h3-16,25-26,28-29,36-37H,1,17-20H2,2H3,(H,33,39)(H,34,38)/p+1/t25?,26-,28?,29-/m0/s1. The number of rotatable bonds is 10. The van der Waals surface area contributed by atoms with Crippen LogP contribution in [0.4, 0.5) is 0 Å². The molecule has 5 N–H and O–H groups in total. The summed E-state index contributed by atoms with van der Waals surface area (Å²) in [4.78, 5) is 31.6. The molecular formula is C32H36N3O5+. The van der Waals surface area contributed by atoms with Gasteiger partial charge in [0, 0.05) is 23.6 Å². The van der Waals surface area contributed by atoms with E-state index < -0.39 is 30.0 Å². The molecule has 0 aliphatic carbocycles. The zero-order valence-electron chi connectivity index (χ0n) is 22.5. The van der Waals surface area contributed by atoms with Crippen molar-refractivity contribution in [3.8, 4) is 5.75 Å². The number of hydrogen-bond acceptors (Lipinski definition) is 4. The molecular weight excluding hydrogens is 506 g/mol. The van der Waals surface area contributed by atoms with Crippen molar-refractivity contribution in [1.82, 2.24) is 10.2 Å². The molecule has 1 aliphatic rings. The fraction of sp³-hybridized carbons (Fsp3) is 0.281. The number of benzene rings is 3. The lowest BCUT2D eigenvalue weighted by molar-refractivity contribution is -0.457. The van der Waals surface area contributed by atoms with E-state index in [2.05, 4.69) is 16.9 Å². The monoisotopic (exact) mass is 542 g/mol. The first-order valence-corrected chi connectivity index (χ1v) is 13.4. The van der Waals surface area contributed by atoms with Crippen LogP contribution < -0.4 is 10.3 Å². The molecule has 4 atom stereocenters. The molecule has 0 radical (unpaired) electrons. The van der Waals surface area contributed by atoms with Crippen LogP contribution in [-0.2, 0) is 11.2 Å². The van der Waals surface area contributed by atoms with E-state index in [0.29, 0.717) is 25.1 Å². The summed E-state index contributed by atoms with van der Waals surface area (Å²) in [6.07, 6.45) is 0.803. The number of likely N-dealkylation sites (tertiary alicyclic amines) is 1. The number of phenolic OH excluding ortho intramolecular Hbond substituents is 1. The first-order valence-electron chi connectivity index (χ1n) is 13.4. The third kappa shape index (κ3) is 6.40. The highest BCUT2D eigenvalue weighted by molar-refractivity contribution is 5.97. The number of amides is 2. The van der Waals surface area contributed by atoms with Gasteiger partial charge in [0.05, 0.1) is 6.04 Å². The lowest BCUT2D eigenvalue weighted by Crippen LogP contribution is -2.76. The third-order valence-corrected chi connectivity index (χ3v) is 7.42. The van der Waals surface area contributed by atoms with Crippen LogP contribution in [-0.4, -0.2) is 69.2 Å². The summed E-state index contributed by atoms with van der Waals surface area (Å²) in [7, 11) is 0. The highest BCUT2D eigenvalue weighted by Crippen LogP contribution is 2.34. The maximum atomic E-state index is 13.9. The zero-order chi connectivity index (χ0) is 28.6. The van der Waals surface area contributed by atoms with Gasteiger partial charge in [0.25, 0.3) is 11.8 Å². The number of nitrogens with one attached hydrogen (secondary N) is 2. The van der Waals surface area contributed by atoms with Crippen LogP contribution >= 0.6 is 0 Å². The second kappa shape index (κ2) is 13.1. The van der Waals surface area contributed by atoms with E-state index in [1.807, 2.05) is 60.7 Å². The molecule has 8 nitrogen and oxygen atoms in total. The van der Waals surface area contributed by atoms with Gasteiger partial charge in [0.2, 0.25) is 0 Å².